The normalized spacial score (nSPS) is 13.3. The van der Waals surface area contributed by atoms with E-state index in [2.05, 4.69) is 20.3 Å². The standard InChI is InChI=1S/C24H28N4O5S2/c1-3-18-15-34-23(25-18)21(14-17-9-11-19(12-10-17)28-35(31)32)26-22(29)20(27-24(30)33-2)13-16-7-5-4-6-8-16/h4-12,15,20-21,28H,3,13-14H2,1-2H3,(H,26,29)(H,27,30)(H,31,32)/t20-,21-/m0/s1. The molecule has 2 amide bonds. The number of hydrogen-bond acceptors (Lipinski definition) is 6. The van der Waals surface area contributed by atoms with E-state index in [0.29, 0.717) is 18.5 Å². The lowest BCUT2D eigenvalue weighted by molar-refractivity contribution is -0.123. The van der Waals surface area contributed by atoms with Crippen molar-refractivity contribution in [3.8, 4) is 0 Å². The quantitative estimate of drug-likeness (QED) is 0.288. The summed E-state index contributed by atoms with van der Waals surface area (Å²) >= 11 is -0.692. The zero-order valence-corrected chi connectivity index (χ0v) is 21.0. The summed E-state index contributed by atoms with van der Waals surface area (Å²) in [4.78, 5) is 30.0. The Labute approximate surface area is 210 Å². The number of aryl methyl sites for hydroxylation is 1. The molecule has 0 radical (unpaired) electrons. The van der Waals surface area contributed by atoms with Crippen molar-refractivity contribution >= 4 is 40.3 Å². The van der Waals surface area contributed by atoms with E-state index in [4.69, 9.17) is 9.29 Å². The van der Waals surface area contributed by atoms with Crippen molar-refractivity contribution in [2.24, 2.45) is 0 Å². The Bertz CT molecular complexity index is 1140. The molecule has 0 spiro atoms. The first-order chi connectivity index (χ1) is 16.9. The van der Waals surface area contributed by atoms with E-state index in [1.165, 1.54) is 18.4 Å². The van der Waals surface area contributed by atoms with Crippen LogP contribution in [0.5, 0.6) is 0 Å². The highest BCUT2D eigenvalue weighted by Gasteiger charge is 2.26. The number of ether oxygens (including phenoxy) is 1. The van der Waals surface area contributed by atoms with Crippen molar-refractivity contribution in [2.45, 2.75) is 38.3 Å². The van der Waals surface area contributed by atoms with Crippen molar-refractivity contribution in [3.63, 3.8) is 0 Å². The maximum absolute atomic E-state index is 13.3. The molecular formula is C24H28N4O5S2. The third-order valence-electron chi connectivity index (χ3n) is 5.22. The highest BCUT2D eigenvalue weighted by molar-refractivity contribution is 7.80. The number of nitrogens with one attached hydrogen (secondary N) is 3. The van der Waals surface area contributed by atoms with E-state index in [1.807, 2.05) is 54.8 Å². The second-order valence-electron chi connectivity index (χ2n) is 7.72. The van der Waals surface area contributed by atoms with Crippen LogP contribution in [0.1, 0.15) is 34.8 Å². The molecule has 0 aliphatic carbocycles. The fourth-order valence-corrected chi connectivity index (χ4v) is 4.71. The van der Waals surface area contributed by atoms with Crippen molar-refractivity contribution < 1.29 is 23.1 Å². The van der Waals surface area contributed by atoms with Gasteiger partial charge in [0.15, 0.2) is 0 Å². The molecule has 2 aromatic carbocycles. The average Bonchev–Trinajstić information content (AvgIpc) is 3.34. The van der Waals surface area contributed by atoms with Gasteiger partial charge in [-0.15, -0.1) is 11.3 Å². The van der Waals surface area contributed by atoms with Crippen molar-refractivity contribution in [2.75, 3.05) is 11.8 Å². The van der Waals surface area contributed by atoms with Gasteiger partial charge in [0, 0.05) is 17.5 Å². The minimum Gasteiger partial charge on any atom is -0.453 e. The fraction of sp³-hybridized carbons (Fsp3) is 0.292. The SMILES string of the molecule is CCc1csc([C@H](Cc2ccc(NS(=O)O)cc2)NC(=O)[C@H](Cc2ccccc2)NC(=O)OC)n1. The van der Waals surface area contributed by atoms with E-state index in [-0.39, 0.29) is 5.91 Å². The largest absolute Gasteiger partial charge is 0.453 e. The van der Waals surface area contributed by atoms with Gasteiger partial charge in [0.25, 0.3) is 11.3 Å². The monoisotopic (exact) mass is 516 g/mol. The van der Waals surface area contributed by atoms with Crippen LogP contribution in [0.15, 0.2) is 60.0 Å². The van der Waals surface area contributed by atoms with Crippen molar-refractivity contribution in [1.29, 1.82) is 0 Å². The first kappa shape index (κ1) is 26.3. The molecule has 3 aromatic rings. The lowest BCUT2D eigenvalue weighted by atomic mass is 10.0. The average molecular weight is 517 g/mol. The van der Waals surface area contributed by atoms with Gasteiger partial charge in [-0.2, -0.15) is 0 Å². The predicted octanol–water partition coefficient (Wildman–Crippen LogP) is 3.62. The number of nitrogens with zero attached hydrogens (tertiary/aromatic N) is 1. The molecule has 0 bridgehead atoms. The summed E-state index contributed by atoms with van der Waals surface area (Å²) < 4.78 is 27.1. The van der Waals surface area contributed by atoms with Gasteiger partial charge in [0.2, 0.25) is 5.91 Å². The Hall–Kier alpha value is -3.28. The Kier molecular flexibility index (Phi) is 9.76. The number of carbonyl (C=O) groups excluding carboxylic acids is 2. The summed E-state index contributed by atoms with van der Waals surface area (Å²) in [6.45, 7) is 2.01. The number of rotatable bonds is 11. The van der Waals surface area contributed by atoms with Crippen LogP contribution in [-0.2, 0) is 40.1 Å². The lowest BCUT2D eigenvalue weighted by Crippen LogP contribution is -2.49. The molecule has 0 fully saturated rings. The number of benzene rings is 2. The number of methoxy groups -OCH3 is 1. The van der Waals surface area contributed by atoms with Gasteiger partial charge >= 0.3 is 6.09 Å². The number of hydrogen-bond donors (Lipinski definition) is 4. The predicted molar refractivity (Wildman–Crippen MR) is 136 cm³/mol. The Morgan fingerprint density at radius 2 is 1.74 bits per heavy atom. The molecule has 186 valence electrons. The third kappa shape index (κ3) is 8.16. The molecule has 3 rings (SSSR count). The number of amides is 2. The number of anilines is 1. The Balaban J connectivity index is 1.81. The Morgan fingerprint density at radius 3 is 2.34 bits per heavy atom. The van der Waals surface area contributed by atoms with Crippen LogP contribution >= 0.6 is 11.3 Å². The highest BCUT2D eigenvalue weighted by Crippen LogP contribution is 2.24. The van der Waals surface area contributed by atoms with Crippen molar-refractivity contribution in [1.82, 2.24) is 15.6 Å². The molecular weight excluding hydrogens is 488 g/mol. The number of thiazole rings is 1. The first-order valence-corrected chi connectivity index (χ1v) is 13.0. The number of carbonyl (C=O) groups is 2. The second-order valence-corrected chi connectivity index (χ2v) is 9.31. The van der Waals surface area contributed by atoms with Crippen LogP contribution in [0, 0.1) is 0 Å². The molecule has 0 aliphatic rings. The number of aromatic nitrogens is 1. The summed E-state index contributed by atoms with van der Waals surface area (Å²) in [5, 5.41) is 8.40. The molecule has 1 unspecified atom stereocenters. The molecule has 11 heteroatoms. The van der Waals surface area contributed by atoms with Gasteiger partial charge in [0.1, 0.15) is 11.0 Å². The second kappa shape index (κ2) is 13.0. The van der Waals surface area contributed by atoms with Crippen molar-refractivity contribution in [3.05, 3.63) is 81.8 Å². The zero-order valence-electron chi connectivity index (χ0n) is 19.4. The van der Waals surface area contributed by atoms with Gasteiger partial charge in [-0.05, 0) is 36.1 Å². The van der Waals surface area contributed by atoms with Gasteiger partial charge in [-0.25, -0.2) is 14.0 Å². The maximum atomic E-state index is 13.3. The maximum Gasteiger partial charge on any atom is 0.407 e. The van der Waals surface area contributed by atoms with Crippen LogP contribution in [0.4, 0.5) is 10.5 Å². The molecule has 9 nitrogen and oxygen atoms in total. The van der Waals surface area contributed by atoms with Gasteiger partial charge < -0.3 is 15.4 Å². The van der Waals surface area contributed by atoms with E-state index in [9.17, 15) is 13.8 Å². The van der Waals surface area contributed by atoms with Crippen LogP contribution in [0.2, 0.25) is 0 Å². The first-order valence-electron chi connectivity index (χ1n) is 11.0. The number of alkyl carbamates (subject to hydrolysis) is 1. The molecule has 3 atom stereocenters. The highest BCUT2D eigenvalue weighted by atomic mass is 32.2. The molecule has 1 heterocycles. The summed E-state index contributed by atoms with van der Waals surface area (Å²) in [7, 11) is 1.25. The molecule has 0 aliphatic heterocycles. The zero-order chi connectivity index (χ0) is 25.2. The van der Waals surface area contributed by atoms with E-state index >= 15 is 0 Å². The van der Waals surface area contributed by atoms with Crippen LogP contribution in [0.25, 0.3) is 0 Å². The minimum atomic E-state index is -2.16. The van der Waals surface area contributed by atoms with E-state index < -0.39 is 29.4 Å². The van der Waals surface area contributed by atoms with Crippen LogP contribution in [-0.4, -0.2) is 38.9 Å². The smallest absolute Gasteiger partial charge is 0.407 e. The molecule has 0 saturated heterocycles. The minimum absolute atomic E-state index is 0.297. The third-order valence-corrected chi connectivity index (χ3v) is 6.64. The molecule has 35 heavy (non-hydrogen) atoms. The van der Waals surface area contributed by atoms with E-state index in [0.717, 1.165) is 28.2 Å². The van der Waals surface area contributed by atoms with Gasteiger partial charge in [-0.3, -0.25) is 14.1 Å². The Morgan fingerprint density at radius 1 is 1.06 bits per heavy atom. The van der Waals surface area contributed by atoms with E-state index in [1.54, 1.807) is 12.1 Å². The fourth-order valence-electron chi connectivity index (χ4n) is 3.42. The molecule has 0 saturated carbocycles. The van der Waals surface area contributed by atoms with Crippen LogP contribution < -0.4 is 15.4 Å². The van der Waals surface area contributed by atoms with Gasteiger partial charge in [0.05, 0.1) is 18.8 Å². The lowest BCUT2D eigenvalue weighted by Gasteiger charge is -2.22. The summed E-state index contributed by atoms with van der Waals surface area (Å²) in [5.41, 5.74) is 3.23. The molecule has 4 N–H and O–H groups in total. The topological polar surface area (TPSA) is 130 Å². The summed E-state index contributed by atoms with van der Waals surface area (Å²) in [6, 6.07) is 15.1. The van der Waals surface area contributed by atoms with Gasteiger partial charge in [-0.1, -0.05) is 49.4 Å². The van der Waals surface area contributed by atoms with Crippen LogP contribution in [0.3, 0.4) is 0 Å². The molecule has 1 aromatic heterocycles. The summed E-state index contributed by atoms with van der Waals surface area (Å²) in [6.07, 6.45) is 0.826. The summed E-state index contributed by atoms with van der Waals surface area (Å²) in [5.74, 6) is -0.355.